The Kier molecular flexibility index (Phi) is 2.67. The number of nitrogens with one attached hydrogen (secondary N) is 1. The number of aromatic nitrogens is 3. The number of pyridine rings is 1. The van der Waals surface area contributed by atoms with Gasteiger partial charge in [0, 0.05) is 31.7 Å². The summed E-state index contributed by atoms with van der Waals surface area (Å²) in [7, 11) is 1.90. The lowest BCUT2D eigenvalue weighted by molar-refractivity contribution is 0.768. The van der Waals surface area contributed by atoms with Gasteiger partial charge in [0.2, 0.25) is 0 Å². The standard InChI is InChI=1S/C11H14N4/c1-9-3-4-10(5-12-9)6-13-11-7-14-15(2)8-11/h3-5,7-8,13H,6H2,1-2H3. The highest BCUT2D eigenvalue weighted by atomic mass is 15.3. The third-order valence-electron chi connectivity index (χ3n) is 2.17. The van der Waals surface area contributed by atoms with E-state index in [1.807, 2.05) is 38.6 Å². The zero-order valence-corrected chi connectivity index (χ0v) is 8.94. The first-order valence-electron chi connectivity index (χ1n) is 4.88. The normalized spacial score (nSPS) is 10.3. The van der Waals surface area contributed by atoms with Gasteiger partial charge >= 0.3 is 0 Å². The Balaban J connectivity index is 1.96. The van der Waals surface area contributed by atoms with Crippen molar-refractivity contribution in [1.82, 2.24) is 14.8 Å². The summed E-state index contributed by atoms with van der Waals surface area (Å²) in [6.07, 6.45) is 5.64. The third-order valence-corrected chi connectivity index (χ3v) is 2.17. The van der Waals surface area contributed by atoms with Crippen LogP contribution in [-0.4, -0.2) is 14.8 Å². The average Bonchev–Trinajstić information content (AvgIpc) is 2.64. The molecule has 4 heteroatoms. The van der Waals surface area contributed by atoms with Gasteiger partial charge in [0.1, 0.15) is 0 Å². The van der Waals surface area contributed by atoms with Crippen LogP contribution in [0.4, 0.5) is 5.69 Å². The number of nitrogens with zero attached hydrogens (tertiary/aromatic N) is 3. The molecule has 78 valence electrons. The largest absolute Gasteiger partial charge is 0.378 e. The molecule has 0 aromatic carbocycles. The summed E-state index contributed by atoms with van der Waals surface area (Å²) in [5.74, 6) is 0. The van der Waals surface area contributed by atoms with Crippen LogP contribution in [0.15, 0.2) is 30.7 Å². The molecule has 15 heavy (non-hydrogen) atoms. The SMILES string of the molecule is Cc1ccc(CNc2cnn(C)c2)cn1. The van der Waals surface area contributed by atoms with Crippen LogP contribution in [0.2, 0.25) is 0 Å². The van der Waals surface area contributed by atoms with Gasteiger partial charge in [-0.1, -0.05) is 6.07 Å². The minimum atomic E-state index is 0.777. The Bertz CT molecular complexity index is 430. The zero-order chi connectivity index (χ0) is 10.7. The molecule has 0 radical (unpaired) electrons. The maximum Gasteiger partial charge on any atom is 0.0729 e. The van der Waals surface area contributed by atoms with Gasteiger partial charge in [0.25, 0.3) is 0 Å². The lowest BCUT2D eigenvalue weighted by Gasteiger charge is -2.03. The summed E-state index contributed by atoms with van der Waals surface area (Å²) in [5.41, 5.74) is 3.24. The van der Waals surface area contributed by atoms with Crippen molar-refractivity contribution in [2.75, 3.05) is 5.32 Å². The third kappa shape index (κ3) is 2.56. The summed E-state index contributed by atoms with van der Waals surface area (Å²) in [5, 5.41) is 7.36. The molecule has 0 aliphatic heterocycles. The van der Waals surface area contributed by atoms with Crippen LogP contribution in [0.1, 0.15) is 11.3 Å². The van der Waals surface area contributed by atoms with Crippen molar-refractivity contribution in [1.29, 1.82) is 0 Å². The summed E-state index contributed by atoms with van der Waals surface area (Å²) < 4.78 is 1.77. The van der Waals surface area contributed by atoms with Gasteiger partial charge in [-0.15, -0.1) is 0 Å². The van der Waals surface area contributed by atoms with E-state index < -0.39 is 0 Å². The molecule has 2 rings (SSSR count). The van der Waals surface area contributed by atoms with Gasteiger partial charge < -0.3 is 5.32 Å². The van der Waals surface area contributed by atoms with E-state index in [2.05, 4.69) is 21.5 Å². The number of hydrogen-bond donors (Lipinski definition) is 1. The molecule has 1 N–H and O–H groups in total. The van der Waals surface area contributed by atoms with Gasteiger partial charge in [0.05, 0.1) is 11.9 Å². The van der Waals surface area contributed by atoms with Crippen molar-refractivity contribution in [3.8, 4) is 0 Å². The summed E-state index contributed by atoms with van der Waals surface area (Å²) in [4.78, 5) is 4.24. The number of aryl methyl sites for hydroxylation is 2. The van der Waals surface area contributed by atoms with Crippen molar-refractivity contribution in [2.45, 2.75) is 13.5 Å². The molecule has 0 aliphatic carbocycles. The van der Waals surface area contributed by atoms with Crippen LogP contribution in [0.25, 0.3) is 0 Å². The second-order valence-corrected chi connectivity index (χ2v) is 3.56. The molecule has 0 aliphatic rings. The van der Waals surface area contributed by atoms with E-state index in [9.17, 15) is 0 Å². The summed E-state index contributed by atoms with van der Waals surface area (Å²) in [6, 6.07) is 4.09. The van der Waals surface area contributed by atoms with E-state index in [0.717, 1.165) is 17.9 Å². The quantitative estimate of drug-likeness (QED) is 0.824. The van der Waals surface area contributed by atoms with E-state index in [1.54, 1.807) is 4.68 Å². The first-order chi connectivity index (χ1) is 7.24. The van der Waals surface area contributed by atoms with Crippen LogP contribution >= 0.6 is 0 Å². The Morgan fingerprint density at radius 1 is 1.33 bits per heavy atom. The molecular formula is C11H14N4. The maximum absolute atomic E-state index is 4.24. The molecular weight excluding hydrogens is 188 g/mol. The van der Waals surface area contributed by atoms with Crippen molar-refractivity contribution in [3.63, 3.8) is 0 Å². The highest BCUT2D eigenvalue weighted by molar-refractivity contribution is 5.38. The van der Waals surface area contributed by atoms with Gasteiger partial charge in [0.15, 0.2) is 0 Å². The van der Waals surface area contributed by atoms with E-state index in [-0.39, 0.29) is 0 Å². The fourth-order valence-corrected chi connectivity index (χ4v) is 1.32. The van der Waals surface area contributed by atoms with Gasteiger partial charge in [-0.05, 0) is 18.6 Å². The van der Waals surface area contributed by atoms with Gasteiger partial charge in [-0.2, -0.15) is 5.10 Å². The first kappa shape index (κ1) is 9.71. The predicted molar refractivity (Wildman–Crippen MR) is 59.5 cm³/mol. The second-order valence-electron chi connectivity index (χ2n) is 3.56. The fraction of sp³-hybridized carbons (Fsp3) is 0.273. The van der Waals surface area contributed by atoms with E-state index in [4.69, 9.17) is 0 Å². The Labute approximate surface area is 89.0 Å². The monoisotopic (exact) mass is 202 g/mol. The van der Waals surface area contributed by atoms with Crippen LogP contribution < -0.4 is 5.32 Å². The molecule has 0 bridgehead atoms. The minimum Gasteiger partial charge on any atom is -0.378 e. The van der Waals surface area contributed by atoms with Crippen molar-refractivity contribution in [2.24, 2.45) is 7.05 Å². The molecule has 2 aromatic heterocycles. The van der Waals surface area contributed by atoms with Crippen LogP contribution in [0.5, 0.6) is 0 Å². The molecule has 0 atom stereocenters. The van der Waals surface area contributed by atoms with Crippen LogP contribution in [0, 0.1) is 6.92 Å². The van der Waals surface area contributed by atoms with Crippen LogP contribution in [0.3, 0.4) is 0 Å². The zero-order valence-electron chi connectivity index (χ0n) is 8.94. The van der Waals surface area contributed by atoms with E-state index in [1.165, 1.54) is 5.56 Å². The van der Waals surface area contributed by atoms with E-state index in [0.29, 0.717) is 0 Å². The van der Waals surface area contributed by atoms with Gasteiger partial charge in [-0.3, -0.25) is 9.67 Å². The van der Waals surface area contributed by atoms with E-state index >= 15 is 0 Å². The maximum atomic E-state index is 4.24. The minimum absolute atomic E-state index is 0.777. The molecule has 2 aromatic rings. The van der Waals surface area contributed by atoms with Crippen molar-refractivity contribution < 1.29 is 0 Å². The van der Waals surface area contributed by atoms with Gasteiger partial charge in [-0.25, -0.2) is 0 Å². The molecule has 0 spiro atoms. The fourth-order valence-electron chi connectivity index (χ4n) is 1.32. The highest BCUT2D eigenvalue weighted by Gasteiger charge is 1.96. The second kappa shape index (κ2) is 4.13. The first-order valence-corrected chi connectivity index (χ1v) is 4.88. The highest BCUT2D eigenvalue weighted by Crippen LogP contribution is 2.06. The van der Waals surface area contributed by atoms with Crippen LogP contribution in [-0.2, 0) is 13.6 Å². The van der Waals surface area contributed by atoms with Crippen molar-refractivity contribution >= 4 is 5.69 Å². The molecule has 0 saturated heterocycles. The van der Waals surface area contributed by atoms with Crippen molar-refractivity contribution in [3.05, 3.63) is 42.0 Å². The number of anilines is 1. The topological polar surface area (TPSA) is 42.7 Å². The predicted octanol–water partition coefficient (Wildman–Crippen LogP) is 1.74. The summed E-state index contributed by atoms with van der Waals surface area (Å²) in [6.45, 7) is 2.76. The lowest BCUT2D eigenvalue weighted by Crippen LogP contribution is -1.99. The smallest absolute Gasteiger partial charge is 0.0729 e. The molecule has 0 unspecified atom stereocenters. The summed E-state index contributed by atoms with van der Waals surface area (Å²) >= 11 is 0. The average molecular weight is 202 g/mol. The molecule has 0 saturated carbocycles. The number of rotatable bonds is 3. The molecule has 2 heterocycles. The molecule has 4 nitrogen and oxygen atoms in total. The lowest BCUT2D eigenvalue weighted by atomic mass is 10.2. The Morgan fingerprint density at radius 2 is 2.20 bits per heavy atom. The number of hydrogen-bond acceptors (Lipinski definition) is 3. The Morgan fingerprint density at radius 3 is 2.80 bits per heavy atom. The Hall–Kier alpha value is -1.84. The molecule has 0 amide bonds. The molecule has 0 fully saturated rings.